The van der Waals surface area contributed by atoms with Crippen LogP contribution in [0.3, 0.4) is 0 Å². The molecule has 0 saturated heterocycles. The largest absolute Gasteiger partial charge is 0.444 e. The van der Waals surface area contributed by atoms with Crippen LogP contribution < -0.4 is 5.73 Å². The van der Waals surface area contributed by atoms with Crippen molar-refractivity contribution in [2.75, 3.05) is 0 Å². The van der Waals surface area contributed by atoms with Crippen LogP contribution in [-0.2, 0) is 9.53 Å². The van der Waals surface area contributed by atoms with E-state index in [4.69, 9.17) is 22.1 Å². The number of benzene rings is 2. The fraction of sp³-hybridized carbons (Fsp3) is 0.182. The summed E-state index contributed by atoms with van der Waals surface area (Å²) in [5.41, 5.74) is 8.75. The number of rotatable bonds is 2. The van der Waals surface area contributed by atoms with E-state index in [1.165, 1.54) is 0 Å². The molecule has 134 valence electrons. The number of carbonyl (C=O) groups excluding carboxylic acids is 1. The topological polar surface area (TPSA) is 76.1 Å². The quantitative estimate of drug-likeness (QED) is 0.834. The molecule has 5 heteroatoms. The average Bonchev–Trinajstić information content (AvgIpc) is 2.68. The van der Waals surface area contributed by atoms with Crippen molar-refractivity contribution in [1.82, 2.24) is 0 Å². The van der Waals surface area contributed by atoms with E-state index < -0.39 is 5.92 Å². The molecule has 2 aromatic carbocycles. The molecular weight excluding hydrogens is 360 g/mol. The van der Waals surface area contributed by atoms with Crippen LogP contribution in [0.2, 0.25) is 5.02 Å². The zero-order valence-electron chi connectivity index (χ0n) is 14.5. The lowest BCUT2D eigenvalue weighted by Gasteiger charge is -2.34. The van der Waals surface area contributed by atoms with Gasteiger partial charge in [0.2, 0.25) is 5.88 Å². The highest BCUT2D eigenvalue weighted by molar-refractivity contribution is 6.30. The molecule has 4 rings (SSSR count). The van der Waals surface area contributed by atoms with Crippen molar-refractivity contribution >= 4 is 17.4 Å². The fourth-order valence-electron chi connectivity index (χ4n) is 3.86. The summed E-state index contributed by atoms with van der Waals surface area (Å²) in [4.78, 5) is 13.1. The van der Waals surface area contributed by atoms with Gasteiger partial charge in [-0.25, -0.2) is 0 Å². The third-order valence-electron chi connectivity index (χ3n) is 5.14. The van der Waals surface area contributed by atoms with Crippen LogP contribution in [0.5, 0.6) is 0 Å². The molecule has 0 fully saturated rings. The summed E-state index contributed by atoms with van der Waals surface area (Å²) >= 11 is 6.00. The van der Waals surface area contributed by atoms with Crippen molar-refractivity contribution in [1.29, 1.82) is 5.26 Å². The molecule has 0 aromatic heterocycles. The summed E-state index contributed by atoms with van der Waals surface area (Å²) in [6.07, 6.45) is 0.962. The number of allylic oxidation sites excluding steroid dienone is 3. The highest BCUT2D eigenvalue weighted by Gasteiger charge is 2.40. The maximum Gasteiger partial charge on any atom is 0.205 e. The average molecular weight is 377 g/mol. The second kappa shape index (κ2) is 6.94. The Balaban J connectivity index is 1.79. The van der Waals surface area contributed by atoms with E-state index in [1.807, 2.05) is 42.5 Å². The monoisotopic (exact) mass is 376 g/mol. The highest BCUT2D eigenvalue weighted by Crippen LogP contribution is 2.46. The first-order valence-corrected chi connectivity index (χ1v) is 9.10. The van der Waals surface area contributed by atoms with Gasteiger partial charge in [-0.1, -0.05) is 54.1 Å². The zero-order valence-corrected chi connectivity index (χ0v) is 15.2. The van der Waals surface area contributed by atoms with Crippen molar-refractivity contribution in [3.05, 3.63) is 93.5 Å². The summed E-state index contributed by atoms with van der Waals surface area (Å²) in [5, 5.41) is 10.2. The molecule has 2 aromatic rings. The van der Waals surface area contributed by atoms with Crippen molar-refractivity contribution in [2.45, 2.75) is 24.7 Å². The standard InChI is InChI=1S/C22H17ClN2O2/c23-16-8-6-14(7-9-16)20-17(12-24)22(25)27-19-11-15(10-18(26)21(19)20)13-4-2-1-3-5-13/h1-9,15,20H,10-11,25H2/t15-,20-/m1/s1. The number of ketones is 1. The van der Waals surface area contributed by atoms with Crippen molar-refractivity contribution in [3.63, 3.8) is 0 Å². The highest BCUT2D eigenvalue weighted by atomic mass is 35.5. The first kappa shape index (κ1) is 17.4. The van der Waals surface area contributed by atoms with Crippen LogP contribution in [0.1, 0.15) is 35.8 Å². The lowest BCUT2D eigenvalue weighted by atomic mass is 9.73. The minimum absolute atomic E-state index is 0.00898. The molecule has 0 unspecified atom stereocenters. The number of ether oxygens (including phenoxy) is 1. The van der Waals surface area contributed by atoms with Gasteiger partial charge in [-0.15, -0.1) is 0 Å². The number of carbonyl (C=O) groups is 1. The third kappa shape index (κ3) is 3.11. The Morgan fingerprint density at radius 3 is 2.41 bits per heavy atom. The Labute approximate surface area is 162 Å². The lowest BCUT2D eigenvalue weighted by molar-refractivity contribution is -0.117. The zero-order chi connectivity index (χ0) is 19.0. The van der Waals surface area contributed by atoms with E-state index in [-0.39, 0.29) is 23.2 Å². The maximum atomic E-state index is 13.1. The van der Waals surface area contributed by atoms with E-state index in [2.05, 4.69) is 6.07 Å². The predicted molar refractivity (Wildman–Crippen MR) is 103 cm³/mol. The van der Waals surface area contributed by atoms with E-state index in [0.717, 1.165) is 11.1 Å². The minimum Gasteiger partial charge on any atom is -0.444 e. The Hall–Kier alpha value is -3.03. The molecule has 2 atom stereocenters. The molecule has 27 heavy (non-hydrogen) atoms. The molecule has 1 heterocycles. The Morgan fingerprint density at radius 1 is 1.04 bits per heavy atom. The maximum absolute atomic E-state index is 13.1. The number of nitriles is 1. The van der Waals surface area contributed by atoms with Crippen LogP contribution in [0.15, 0.2) is 77.4 Å². The molecule has 0 spiro atoms. The van der Waals surface area contributed by atoms with Crippen LogP contribution in [0.4, 0.5) is 0 Å². The summed E-state index contributed by atoms with van der Waals surface area (Å²) < 4.78 is 5.76. The van der Waals surface area contributed by atoms with Gasteiger partial charge in [-0.2, -0.15) is 5.26 Å². The number of nitrogens with zero attached hydrogens (tertiary/aromatic N) is 1. The summed E-state index contributed by atoms with van der Waals surface area (Å²) in [5.74, 6) is 0.152. The molecule has 4 nitrogen and oxygen atoms in total. The summed E-state index contributed by atoms with van der Waals surface area (Å²) in [7, 11) is 0. The molecular formula is C22H17ClN2O2. The minimum atomic E-state index is -0.514. The van der Waals surface area contributed by atoms with Crippen LogP contribution in [0, 0.1) is 11.3 Å². The SMILES string of the molecule is N#CC1=C(N)OC2=C(C(=O)C[C@@H](c3ccccc3)C2)[C@@H]1c1ccc(Cl)cc1. The molecule has 0 bridgehead atoms. The van der Waals surface area contributed by atoms with E-state index in [1.54, 1.807) is 12.1 Å². The molecule has 0 amide bonds. The van der Waals surface area contributed by atoms with Gasteiger partial charge >= 0.3 is 0 Å². The van der Waals surface area contributed by atoms with Gasteiger partial charge in [0, 0.05) is 23.4 Å². The van der Waals surface area contributed by atoms with Crippen molar-refractivity contribution < 1.29 is 9.53 Å². The van der Waals surface area contributed by atoms with Gasteiger partial charge in [0.05, 0.1) is 5.92 Å². The number of halogens is 1. The van der Waals surface area contributed by atoms with Gasteiger partial charge in [0.25, 0.3) is 0 Å². The molecule has 2 N–H and O–H groups in total. The van der Waals surface area contributed by atoms with Crippen LogP contribution >= 0.6 is 11.6 Å². The second-order valence-corrected chi connectivity index (χ2v) is 7.19. The van der Waals surface area contributed by atoms with Gasteiger partial charge in [-0.3, -0.25) is 4.79 Å². The first-order valence-electron chi connectivity index (χ1n) is 8.72. The van der Waals surface area contributed by atoms with Gasteiger partial charge in [0.1, 0.15) is 17.4 Å². The Bertz CT molecular complexity index is 1000. The van der Waals surface area contributed by atoms with E-state index >= 15 is 0 Å². The number of hydrogen-bond donors (Lipinski definition) is 1. The van der Waals surface area contributed by atoms with Gasteiger partial charge < -0.3 is 10.5 Å². The van der Waals surface area contributed by atoms with Crippen LogP contribution in [-0.4, -0.2) is 5.78 Å². The summed E-state index contributed by atoms with van der Waals surface area (Å²) in [6, 6.07) is 19.2. The molecule has 2 aliphatic rings. The normalized spacial score (nSPS) is 22.1. The Kier molecular flexibility index (Phi) is 4.47. The molecule has 1 aliphatic carbocycles. The number of nitrogens with two attached hydrogens (primary N) is 1. The predicted octanol–water partition coefficient (Wildman–Crippen LogP) is 4.55. The number of Topliss-reactive ketones (excluding diaryl/α,β-unsaturated/α-hetero) is 1. The second-order valence-electron chi connectivity index (χ2n) is 6.75. The van der Waals surface area contributed by atoms with Crippen molar-refractivity contribution in [3.8, 4) is 6.07 Å². The van der Waals surface area contributed by atoms with Crippen LogP contribution in [0.25, 0.3) is 0 Å². The summed E-state index contributed by atoms with van der Waals surface area (Å²) in [6.45, 7) is 0. The molecule has 0 radical (unpaired) electrons. The Morgan fingerprint density at radius 2 is 1.74 bits per heavy atom. The van der Waals surface area contributed by atoms with E-state index in [9.17, 15) is 10.1 Å². The van der Waals surface area contributed by atoms with E-state index in [0.29, 0.717) is 29.2 Å². The van der Waals surface area contributed by atoms with Gasteiger partial charge in [0.15, 0.2) is 5.78 Å². The van der Waals surface area contributed by atoms with Crippen molar-refractivity contribution in [2.24, 2.45) is 5.73 Å². The molecule has 1 aliphatic heterocycles. The molecule has 0 saturated carbocycles. The third-order valence-corrected chi connectivity index (χ3v) is 5.39. The first-order chi connectivity index (χ1) is 13.1. The fourth-order valence-corrected chi connectivity index (χ4v) is 3.98. The lowest BCUT2D eigenvalue weighted by Crippen LogP contribution is -2.29. The van der Waals surface area contributed by atoms with Gasteiger partial charge in [-0.05, 0) is 29.2 Å². The smallest absolute Gasteiger partial charge is 0.205 e. The number of hydrogen-bond acceptors (Lipinski definition) is 4.